The van der Waals surface area contributed by atoms with Gasteiger partial charge in [-0.2, -0.15) is 0 Å². The first-order valence-corrected chi connectivity index (χ1v) is 8.37. The molecule has 1 aliphatic rings. The zero-order valence-electron chi connectivity index (χ0n) is 13.8. The van der Waals surface area contributed by atoms with Crippen LogP contribution in [0, 0.1) is 17.6 Å². The fourth-order valence-corrected chi connectivity index (χ4v) is 2.55. The van der Waals surface area contributed by atoms with Crippen LogP contribution < -0.4 is 5.32 Å². The summed E-state index contributed by atoms with van der Waals surface area (Å²) in [4.78, 5) is 33.1. The number of carbonyl (C=O) groups is 2. The summed E-state index contributed by atoms with van der Waals surface area (Å²) in [6.45, 7) is -0.422. The second-order valence-corrected chi connectivity index (χ2v) is 6.51. The van der Waals surface area contributed by atoms with E-state index < -0.39 is 36.2 Å². The van der Waals surface area contributed by atoms with E-state index in [-0.39, 0.29) is 29.0 Å². The van der Waals surface area contributed by atoms with E-state index in [4.69, 9.17) is 11.6 Å². The summed E-state index contributed by atoms with van der Waals surface area (Å²) in [7, 11) is 0. The molecule has 6 nitrogen and oxygen atoms in total. The van der Waals surface area contributed by atoms with E-state index in [1.165, 1.54) is 12.1 Å². The third-order valence-corrected chi connectivity index (χ3v) is 4.26. The molecule has 10 heteroatoms. The molecule has 2 atom stereocenters. The predicted molar refractivity (Wildman–Crippen MR) is 90.9 cm³/mol. The molecule has 1 N–H and O–H groups in total. The molecule has 0 saturated heterocycles. The molecule has 2 aromatic rings. The van der Waals surface area contributed by atoms with Gasteiger partial charge in [0, 0.05) is 18.0 Å². The monoisotopic (exact) mass is 398 g/mol. The number of anilines is 1. The predicted octanol–water partition coefficient (Wildman–Crippen LogP) is 2.85. The lowest BCUT2D eigenvalue weighted by Crippen LogP contribution is -2.39. The molecule has 1 aromatic heterocycles. The molecule has 1 aromatic carbocycles. The van der Waals surface area contributed by atoms with Crippen LogP contribution in [0.25, 0.3) is 0 Å². The molecule has 1 saturated carbocycles. The summed E-state index contributed by atoms with van der Waals surface area (Å²) < 4.78 is 39.7. The largest absolute Gasteiger partial charge is 0.329 e. The highest BCUT2D eigenvalue weighted by Gasteiger charge is 2.40. The van der Waals surface area contributed by atoms with Gasteiger partial charge in [-0.15, -0.1) is 0 Å². The Morgan fingerprint density at radius 2 is 1.93 bits per heavy atom. The van der Waals surface area contributed by atoms with Crippen LogP contribution in [0.2, 0.25) is 5.02 Å². The molecule has 1 heterocycles. The van der Waals surface area contributed by atoms with E-state index in [0.29, 0.717) is 6.42 Å². The summed E-state index contributed by atoms with van der Waals surface area (Å²) in [5, 5.41) is 2.18. The maximum absolute atomic E-state index is 13.6. The van der Waals surface area contributed by atoms with Gasteiger partial charge in [0.1, 0.15) is 18.5 Å². The quantitative estimate of drug-likeness (QED) is 0.812. The van der Waals surface area contributed by atoms with Crippen molar-refractivity contribution in [2.24, 2.45) is 5.92 Å². The van der Waals surface area contributed by atoms with Gasteiger partial charge in [-0.25, -0.2) is 23.1 Å². The van der Waals surface area contributed by atoms with Gasteiger partial charge in [-0.1, -0.05) is 11.6 Å². The fourth-order valence-electron chi connectivity index (χ4n) is 2.43. The van der Waals surface area contributed by atoms with Crippen LogP contribution in [0.3, 0.4) is 0 Å². The number of halogens is 4. The van der Waals surface area contributed by atoms with E-state index in [1.807, 2.05) is 0 Å². The highest BCUT2D eigenvalue weighted by Crippen LogP contribution is 2.34. The Hall–Kier alpha value is -2.68. The Kier molecular flexibility index (Phi) is 5.59. The van der Waals surface area contributed by atoms with Crippen molar-refractivity contribution in [2.45, 2.75) is 12.6 Å². The molecule has 0 radical (unpaired) electrons. The lowest BCUT2D eigenvalue weighted by Gasteiger charge is -2.22. The van der Waals surface area contributed by atoms with Crippen LogP contribution in [0.1, 0.15) is 16.8 Å². The number of benzene rings is 1. The van der Waals surface area contributed by atoms with E-state index in [1.54, 1.807) is 0 Å². The first-order valence-electron chi connectivity index (χ1n) is 7.99. The first kappa shape index (κ1) is 19.1. The molecule has 2 amide bonds. The molecular weight excluding hydrogens is 385 g/mol. The highest BCUT2D eigenvalue weighted by molar-refractivity contribution is 6.30. The molecule has 0 bridgehead atoms. The number of aromatic nitrogens is 2. The van der Waals surface area contributed by atoms with Crippen LogP contribution in [0.15, 0.2) is 30.6 Å². The second kappa shape index (κ2) is 7.91. The topological polar surface area (TPSA) is 75.2 Å². The van der Waals surface area contributed by atoms with Gasteiger partial charge in [-0.3, -0.25) is 14.9 Å². The first-order chi connectivity index (χ1) is 12.8. The zero-order chi connectivity index (χ0) is 19.6. The average molecular weight is 399 g/mol. The Morgan fingerprint density at radius 1 is 1.26 bits per heavy atom. The van der Waals surface area contributed by atoms with Gasteiger partial charge in [0.15, 0.2) is 5.82 Å². The zero-order valence-corrected chi connectivity index (χ0v) is 14.6. The van der Waals surface area contributed by atoms with E-state index in [9.17, 15) is 22.8 Å². The molecule has 3 rings (SSSR count). The third-order valence-electron chi connectivity index (χ3n) is 3.95. The molecule has 0 aliphatic heterocycles. The number of hydrogen-bond donors (Lipinski definition) is 1. The third kappa shape index (κ3) is 4.94. The molecule has 0 unspecified atom stereocenters. The normalized spacial score (nSPS) is 18.1. The Balaban J connectivity index is 1.72. The number of rotatable bonds is 6. The molecule has 0 spiro atoms. The maximum atomic E-state index is 13.6. The minimum Gasteiger partial charge on any atom is -0.329 e. The molecule has 27 heavy (non-hydrogen) atoms. The molecular formula is C17H14ClF3N4O2. The smallest absolute Gasteiger partial charge is 0.254 e. The number of nitrogens with one attached hydrogen (secondary N) is 1. The van der Waals surface area contributed by atoms with Crippen molar-refractivity contribution in [1.82, 2.24) is 14.9 Å². The van der Waals surface area contributed by atoms with Crippen LogP contribution in [-0.4, -0.2) is 45.9 Å². The van der Waals surface area contributed by atoms with Gasteiger partial charge < -0.3 is 4.90 Å². The van der Waals surface area contributed by atoms with Gasteiger partial charge in [-0.05, 0) is 24.6 Å². The van der Waals surface area contributed by atoms with Gasteiger partial charge in [0.25, 0.3) is 5.91 Å². The standard InChI is InChI=1S/C17H14ClF3N4O2/c18-12-2-1-9(3-14(12)21)16(27)25(7-10-4-13(10)20)8-15(26)24-17-22-5-11(19)6-23-17/h1-3,5-6,10,13H,4,7-8H2,(H,22,23,24,26)/t10-,13-/m0/s1. The number of carbonyl (C=O) groups excluding carboxylic acids is 2. The van der Waals surface area contributed by atoms with Crippen molar-refractivity contribution in [2.75, 3.05) is 18.4 Å². The number of amides is 2. The van der Waals surface area contributed by atoms with Crippen LogP contribution in [-0.2, 0) is 4.79 Å². The van der Waals surface area contributed by atoms with Gasteiger partial charge in [0.2, 0.25) is 11.9 Å². The lowest BCUT2D eigenvalue weighted by molar-refractivity contribution is -0.117. The molecule has 142 valence electrons. The van der Waals surface area contributed by atoms with Crippen LogP contribution in [0.4, 0.5) is 19.1 Å². The van der Waals surface area contributed by atoms with Crippen molar-refractivity contribution in [3.05, 3.63) is 52.8 Å². The van der Waals surface area contributed by atoms with Crippen molar-refractivity contribution >= 4 is 29.4 Å². The van der Waals surface area contributed by atoms with E-state index >= 15 is 0 Å². The Morgan fingerprint density at radius 3 is 2.52 bits per heavy atom. The van der Waals surface area contributed by atoms with Crippen molar-refractivity contribution in [3.63, 3.8) is 0 Å². The van der Waals surface area contributed by atoms with Crippen molar-refractivity contribution in [1.29, 1.82) is 0 Å². The summed E-state index contributed by atoms with van der Waals surface area (Å²) in [6.07, 6.45) is 1.01. The number of alkyl halides is 1. The maximum Gasteiger partial charge on any atom is 0.254 e. The SMILES string of the molecule is O=C(CN(C[C@@H]1C[C@@H]1F)C(=O)c1ccc(Cl)c(F)c1)Nc1ncc(F)cn1. The summed E-state index contributed by atoms with van der Waals surface area (Å²) in [5.41, 5.74) is -0.0150. The van der Waals surface area contributed by atoms with Crippen molar-refractivity contribution in [3.8, 4) is 0 Å². The van der Waals surface area contributed by atoms with Gasteiger partial charge in [0.05, 0.1) is 17.4 Å². The average Bonchev–Trinajstić information content (AvgIpc) is 3.33. The number of nitrogens with zero attached hydrogens (tertiary/aromatic N) is 3. The summed E-state index contributed by atoms with van der Waals surface area (Å²) in [5.74, 6) is -3.25. The van der Waals surface area contributed by atoms with E-state index in [0.717, 1.165) is 23.4 Å². The van der Waals surface area contributed by atoms with Crippen LogP contribution in [0.5, 0.6) is 0 Å². The number of hydrogen-bond acceptors (Lipinski definition) is 4. The summed E-state index contributed by atoms with van der Waals surface area (Å²) in [6, 6.07) is 3.50. The molecule has 1 fully saturated rings. The van der Waals surface area contributed by atoms with Gasteiger partial charge >= 0.3 is 0 Å². The van der Waals surface area contributed by atoms with E-state index in [2.05, 4.69) is 15.3 Å². The van der Waals surface area contributed by atoms with Crippen molar-refractivity contribution < 1.29 is 22.8 Å². The highest BCUT2D eigenvalue weighted by atomic mass is 35.5. The van der Waals surface area contributed by atoms with Crippen LogP contribution >= 0.6 is 11.6 Å². The fraction of sp³-hybridized carbons (Fsp3) is 0.294. The summed E-state index contributed by atoms with van der Waals surface area (Å²) >= 11 is 5.61. The minimum atomic E-state index is -1.04. The minimum absolute atomic E-state index is 0.00193. The Bertz CT molecular complexity index is 866. The Labute approximate surface area is 157 Å². The lowest BCUT2D eigenvalue weighted by atomic mass is 10.2. The molecule has 1 aliphatic carbocycles. The second-order valence-electron chi connectivity index (χ2n) is 6.10.